The predicted molar refractivity (Wildman–Crippen MR) is 135 cm³/mol. The van der Waals surface area contributed by atoms with Gasteiger partial charge in [0.05, 0.1) is 5.92 Å². The third-order valence-electron chi connectivity index (χ3n) is 6.64. The van der Waals surface area contributed by atoms with Gasteiger partial charge in [-0.1, -0.05) is 82.1 Å². The molecule has 0 fully saturated rings. The number of rotatable bonds is 12. The maximum Gasteiger partial charge on any atom is 0.407 e. The number of carbonyl (C=O) groups is 3. The van der Waals surface area contributed by atoms with Gasteiger partial charge in [-0.25, -0.2) is 4.79 Å². The highest BCUT2D eigenvalue weighted by atomic mass is 16.5. The Morgan fingerprint density at radius 1 is 1.00 bits per heavy atom. The molecule has 0 radical (unpaired) electrons. The molecular weight excluding hydrogens is 444 g/mol. The zero-order chi connectivity index (χ0) is 25.4. The Bertz CT molecular complexity index is 990. The zero-order valence-electron chi connectivity index (χ0n) is 20.8. The first-order chi connectivity index (χ1) is 16.8. The summed E-state index contributed by atoms with van der Waals surface area (Å²) in [6.45, 7) is 5.95. The van der Waals surface area contributed by atoms with Gasteiger partial charge in [-0.05, 0) is 34.6 Å². The molecule has 2 aromatic carbocycles. The Labute approximate surface area is 207 Å². The molecule has 2 aromatic rings. The van der Waals surface area contributed by atoms with E-state index in [1.807, 2.05) is 45.0 Å². The van der Waals surface area contributed by atoms with Gasteiger partial charge in [0.25, 0.3) is 0 Å². The van der Waals surface area contributed by atoms with Crippen molar-refractivity contribution < 1.29 is 24.2 Å². The number of benzene rings is 2. The maximum atomic E-state index is 12.7. The highest BCUT2D eigenvalue weighted by Crippen LogP contribution is 2.44. The maximum absolute atomic E-state index is 12.7. The molecule has 0 saturated heterocycles. The van der Waals surface area contributed by atoms with Crippen LogP contribution < -0.4 is 10.6 Å². The number of carboxylic acid groups (broad SMARTS) is 1. The first-order valence-corrected chi connectivity index (χ1v) is 12.4. The van der Waals surface area contributed by atoms with Crippen LogP contribution >= 0.6 is 0 Å². The Kier molecular flexibility index (Phi) is 9.29. The second kappa shape index (κ2) is 12.4. The molecule has 35 heavy (non-hydrogen) atoms. The average molecular weight is 481 g/mol. The minimum Gasteiger partial charge on any atom is -0.481 e. The molecular formula is C28H36N2O5. The number of amides is 2. The summed E-state index contributed by atoms with van der Waals surface area (Å²) in [7, 11) is 0. The molecule has 1 aliphatic carbocycles. The molecule has 2 unspecified atom stereocenters. The van der Waals surface area contributed by atoms with Crippen molar-refractivity contribution in [2.75, 3.05) is 13.2 Å². The lowest BCUT2D eigenvalue weighted by Crippen LogP contribution is -2.42. The lowest BCUT2D eigenvalue weighted by atomic mass is 9.96. The highest BCUT2D eigenvalue weighted by molar-refractivity contribution is 5.80. The standard InChI is InChI=1S/C28H36N2O5/c1-4-5-10-19(15-26(31)29-16-24(18(2)3)27(32)33)30-28(34)35-17-25-22-13-8-6-11-20(22)21-12-7-9-14-23(21)25/h6-9,11-14,18-19,24-25H,4-5,10,15-17H2,1-3H3,(H,29,31)(H,30,34)(H,32,33). The van der Waals surface area contributed by atoms with Gasteiger partial charge in [0, 0.05) is 24.9 Å². The first-order valence-electron chi connectivity index (χ1n) is 12.4. The number of hydrogen-bond donors (Lipinski definition) is 3. The Hall–Kier alpha value is -3.35. The summed E-state index contributed by atoms with van der Waals surface area (Å²) >= 11 is 0. The van der Waals surface area contributed by atoms with E-state index in [1.54, 1.807) is 0 Å². The fourth-order valence-electron chi connectivity index (χ4n) is 4.61. The summed E-state index contributed by atoms with van der Waals surface area (Å²) in [4.78, 5) is 36.5. The molecule has 7 nitrogen and oxygen atoms in total. The van der Waals surface area contributed by atoms with Crippen LogP contribution in [0.15, 0.2) is 48.5 Å². The molecule has 2 amide bonds. The fraction of sp³-hybridized carbons (Fsp3) is 0.464. The molecule has 0 saturated carbocycles. The summed E-state index contributed by atoms with van der Waals surface area (Å²) in [6, 6.07) is 15.9. The van der Waals surface area contributed by atoms with Gasteiger partial charge in [-0.15, -0.1) is 0 Å². The van der Waals surface area contributed by atoms with Gasteiger partial charge in [-0.3, -0.25) is 9.59 Å². The van der Waals surface area contributed by atoms with Gasteiger partial charge in [0.1, 0.15) is 6.61 Å². The van der Waals surface area contributed by atoms with E-state index in [9.17, 15) is 19.5 Å². The van der Waals surface area contributed by atoms with Crippen molar-refractivity contribution in [3.63, 3.8) is 0 Å². The van der Waals surface area contributed by atoms with Crippen molar-refractivity contribution in [1.82, 2.24) is 10.6 Å². The SMILES string of the molecule is CCCCC(CC(=O)NCC(C(=O)O)C(C)C)NC(=O)OCC1c2ccccc2-c2ccccc21. The number of aliphatic carboxylic acids is 1. The van der Waals surface area contributed by atoms with E-state index in [0.717, 1.165) is 35.1 Å². The molecule has 3 rings (SSSR count). The summed E-state index contributed by atoms with van der Waals surface area (Å²) in [6.07, 6.45) is 1.95. The third-order valence-corrected chi connectivity index (χ3v) is 6.64. The molecule has 0 aromatic heterocycles. The van der Waals surface area contributed by atoms with Gasteiger partial charge in [-0.2, -0.15) is 0 Å². The summed E-state index contributed by atoms with van der Waals surface area (Å²) in [5.74, 6) is -1.99. The van der Waals surface area contributed by atoms with Crippen molar-refractivity contribution in [1.29, 1.82) is 0 Å². The Morgan fingerprint density at radius 2 is 1.60 bits per heavy atom. The van der Waals surface area contributed by atoms with E-state index in [0.29, 0.717) is 6.42 Å². The van der Waals surface area contributed by atoms with Crippen LogP contribution in [0.4, 0.5) is 4.79 Å². The number of ether oxygens (including phenoxy) is 1. The van der Waals surface area contributed by atoms with Crippen LogP contribution in [0.1, 0.15) is 63.5 Å². The van der Waals surface area contributed by atoms with Gasteiger partial charge in [0.15, 0.2) is 0 Å². The van der Waals surface area contributed by atoms with Crippen molar-refractivity contribution in [2.24, 2.45) is 11.8 Å². The molecule has 1 aliphatic rings. The summed E-state index contributed by atoms with van der Waals surface area (Å²) in [5, 5.41) is 14.9. The fourth-order valence-corrected chi connectivity index (χ4v) is 4.61. The molecule has 0 aliphatic heterocycles. The Balaban J connectivity index is 1.57. The lowest BCUT2D eigenvalue weighted by molar-refractivity contribution is -0.143. The van der Waals surface area contributed by atoms with E-state index >= 15 is 0 Å². The lowest BCUT2D eigenvalue weighted by Gasteiger charge is -2.21. The number of carboxylic acids is 1. The number of fused-ring (bicyclic) bond motifs is 3. The largest absolute Gasteiger partial charge is 0.481 e. The second-order valence-corrected chi connectivity index (χ2v) is 9.51. The van der Waals surface area contributed by atoms with Crippen molar-refractivity contribution in [3.8, 4) is 11.1 Å². The summed E-state index contributed by atoms with van der Waals surface area (Å²) < 4.78 is 5.63. The zero-order valence-corrected chi connectivity index (χ0v) is 20.8. The topological polar surface area (TPSA) is 105 Å². The van der Waals surface area contributed by atoms with Gasteiger partial charge >= 0.3 is 12.1 Å². The number of carbonyl (C=O) groups excluding carboxylic acids is 2. The van der Waals surface area contributed by atoms with Crippen LogP contribution in [0, 0.1) is 11.8 Å². The van der Waals surface area contributed by atoms with E-state index < -0.39 is 18.0 Å². The minimum absolute atomic E-state index is 0.0328. The monoisotopic (exact) mass is 480 g/mol. The molecule has 0 spiro atoms. The molecule has 3 N–H and O–H groups in total. The number of nitrogens with one attached hydrogen (secondary N) is 2. The summed E-state index contributed by atoms with van der Waals surface area (Å²) in [5.41, 5.74) is 4.61. The van der Waals surface area contributed by atoms with Gasteiger partial charge in [0.2, 0.25) is 5.91 Å². The van der Waals surface area contributed by atoms with Crippen molar-refractivity contribution in [2.45, 2.75) is 58.4 Å². The molecule has 0 heterocycles. The van der Waals surface area contributed by atoms with E-state index in [4.69, 9.17) is 4.74 Å². The molecule has 188 valence electrons. The van der Waals surface area contributed by atoms with Crippen molar-refractivity contribution >= 4 is 18.0 Å². The van der Waals surface area contributed by atoms with Crippen LogP contribution in [0.25, 0.3) is 11.1 Å². The highest BCUT2D eigenvalue weighted by Gasteiger charge is 2.29. The molecule has 7 heteroatoms. The van der Waals surface area contributed by atoms with E-state index in [1.165, 1.54) is 0 Å². The van der Waals surface area contributed by atoms with Crippen LogP contribution in [0.3, 0.4) is 0 Å². The van der Waals surface area contributed by atoms with Crippen LogP contribution in [-0.4, -0.2) is 42.3 Å². The normalized spacial score (nSPS) is 14.1. The number of unbranched alkanes of at least 4 members (excludes halogenated alkanes) is 1. The minimum atomic E-state index is -0.931. The van der Waals surface area contributed by atoms with E-state index in [2.05, 4.69) is 34.9 Å². The number of alkyl carbamates (subject to hydrolysis) is 1. The van der Waals surface area contributed by atoms with Gasteiger partial charge < -0.3 is 20.5 Å². The predicted octanol–water partition coefficient (Wildman–Crippen LogP) is 4.95. The smallest absolute Gasteiger partial charge is 0.407 e. The van der Waals surface area contributed by atoms with Crippen LogP contribution in [-0.2, 0) is 14.3 Å². The third kappa shape index (κ3) is 6.84. The molecule has 0 bridgehead atoms. The second-order valence-electron chi connectivity index (χ2n) is 9.51. The van der Waals surface area contributed by atoms with Crippen molar-refractivity contribution in [3.05, 3.63) is 59.7 Å². The van der Waals surface area contributed by atoms with Crippen LogP contribution in [0.2, 0.25) is 0 Å². The molecule has 2 atom stereocenters. The Morgan fingerprint density at radius 3 is 2.14 bits per heavy atom. The average Bonchev–Trinajstić information content (AvgIpc) is 3.14. The van der Waals surface area contributed by atoms with E-state index in [-0.39, 0.29) is 43.4 Å². The number of hydrogen-bond acceptors (Lipinski definition) is 4. The first kappa shape index (κ1) is 26.3. The van der Waals surface area contributed by atoms with Crippen LogP contribution in [0.5, 0.6) is 0 Å². The quantitative estimate of drug-likeness (QED) is 0.399.